The average Bonchev–Trinajstić information content (AvgIpc) is 2.76. The molecule has 2 atom stereocenters. The van der Waals surface area contributed by atoms with Crippen LogP contribution in [0.1, 0.15) is 73.6 Å². The molecule has 1 aliphatic rings. The fourth-order valence-electron chi connectivity index (χ4n) is 3.36. The Hall–Kier alpha value is -2.22. The standard InChI is InChI=1S/C21H34O5.CH5N3/c1-12(2)7-9-15-19(24)18(16(22)11-14(5)6)20(25)21(15,26)17(23)10-8-13(3)4;2-1(3)4/h12-15,25-26H,7-11H2,1-6H3;(H5,2,3,4)/t15-,21+;/m0./s1. The number of Topliss-reactive ketones (excluding diaryl/α,β-unsaturated/α-hetero) is 3. The molecule has 0 saturated heterocycles. The summed E-state index contributed by atoms with van der Waals surface area (Å²) in [5, 5.41) is 27.8. The minimum atomic E-state index is -2.26. The van der Waals surface area contributed by atoms with Crippen LogP contribution >= 0.6 is 0 Å². The zero-order valence-electron chi connectivity index (χ0n) is 19.1. The van der Waals surface area contributed by atoms with Crippen LogP contribution in [0.2, 0.25) is 0 Å². The second kappa shape index (κ2) is 11.8. The number of aliphatic hydroxyl groups excluding tert-OH is 1. The van der Waals surface area contributed by atoms with Crippen LogP contribution < -0.4 is 11.5 Å². The Bertz CT molecular complexity index is 678. The monoisotopic (exact) mass is 425 g/mol. The third-order valence-corrected chi connectivity index (χ3v) is 4.94. The number of guanidine groups is 1. The number of nitrogens with two attached hydrogens (primary N) is 2. The van der Waals surface area contributed by atoms with E-state index in [9.17, 15) is 24.6 Å². The smallest absolute Gasteiger partial charge is 0.190 e. The number of hydrogen-bond acceptors (Lipinski definition) is 6. The molecule has 7 N–H and O–H groups in total. The largest absolute Gasteiger partial charge is 0.508 e. The molecule has 0 heterocycles. The van der Waals surface area contributed by atoms with Crippen LogP contribution in [0.25, 0.3) is 0 Å². The zero-order chi connectivity index (χ0) is 23.8. The number of hydrogen-bond donors (Lipinski definition) is 5. The number of ketones is 3. The van der Waals surface area contributed by atoms with Crippen LogP contribution in [-0.4, -0.2) is 39.1 Å². The summed E-state index contributed by atoms with van der Waals surface area (Å²) in [4.78, 5) is 38.1. The third-order valence-electron chi connectivity index (χ3n) is 4.94. The molecule has 0 spiro atoms. The molecule has 0 bridgehead atoms. The highest BCUT2D eigenvalue weighted by Gasteiger charge is 2.58. The molecule has 30 heavy (non-hydrogen) atoms. The van der Waals surface area contributed by atoms with Crippen LogP contribution in [-0.2, 0) is 14.4 Å². The van der Waals surface area contributed by atoms with Gasteiger partial charge in [0, 0.05) is 12.8 Å². The van der Waals surface area contributed by atoms with Crippen molar-refractivity contribution in [1.29, 1.82) is 5.41 Å². The van der Waals surface area contributed by atoms with Crippen molar-refractivity contribution in [3.63, 3.8) is 0 Å². The van der Waals surface area contributed by atoms with Crippen LogP contribution in [0, 0.1) is 29.1 Å². The molecule has 0 saturated carbocycles. The maximum atomic E-state index is 12.9. The minimum absolute atomic E-state index is 0.00931. The summed E-state index contributed by atoms with van der Waals surface area (Å²) < 4.78 is 0. The second-order valence-electron chi connectivity index (χ2n) is 9.21. The van der Waals surface area contributed by atoms with Crippen LogP contribution in [0.5, 0.6) is 0 Å². The molecule has 8 nitrogen and oxygen atoms in total. The molecular weight excluding hydrogens is 386 g/mol. The summed E-state index contributed by atoms with van der Waals surface area (Å²) in [5.74, 6) is -3.25. The number of nitrogens with one attached hydrogen (secondary N) is 1. The van der Waals surface area contributed by atoms with Crippen molar-refractivity contribution in [2.24, 2.45) is 35.1 Å². The van der Waals surface area contributed by atoms with Gasteiger partial charge in [-0.05, 0) is 30.6 Å². The minimum Gasteiger partial charge on any atom is -0.508 e. The number of allylic oxidation sites excluding steroid dienone is 1. The quantitative estimate of drug-likeness (QED) is 0.204. The highest BCUT2D eigenvalue weighted by atomic mass is 16.3. The van der Waals surface area contributed by atoms with Gasteiger partial charge in [0.05, 0.1) is 5.92 Å². The van der Waals surface area contributed by atoms with Gasteiger partial charge in [0.2, 0.25) is 0 Å². The lowest BCUT2D eigenvalue weighted by Gasteiger charge is -2.28. The van der Waals surface area contributed by atoms with Gasteiger partial charge in [-0.3, -0.25) is 19.8 Å². The Balaban J connectivity index is 0.00000192. The van der Waals surface area contributed by atoms with Gasteiger partial charge in [-0.2, -0.15) is 0 Å². The van der Waals surface area contributed by atoms with Crippen molar-refractivity contribution in [2.45, 2.75) is 79.2 Å². The first-order valence-corrected chi connectivity index (χ1v) is 10.5. The number of rotatable bonds is 10. The fraction of sp³-hybridized carbons (Fsp3) is 0.727. The van der Waals surface area contributed by atoms with Crippen molar-refractivity contribution in [3.05, 3.63) is 11.3 Å². The van der Waals surface area contributed by atoms with E-state index in [1.807, 2.05) is 41.5 Å². The predicted octanol–water partition coefficient (Wildman–Crippen LogP) is 2.62. The molecule has 0 fully saturated rings. The lowest BCUT2D eigenvalue weighted by atomic mass is 9.79. The van der Waals surface area contributed by atoms with E-state index in [4.69, 9.17) is 5.41 Å². The first-order valence-electron chi connectivity index (χ1n) is 10.5. The number of carbonyl (C=O) groups is 3. The van der Waals surface area contributed by atoms with Gasteiger partial charge < -0.3 is 21.7 Å². The summed E-state index contributed by atoms with van der Waals surface area (Å²) in [6, 6.07) is 0. The van der Waals surface area contributed by atoms with Crippen molar-refractivity contribution in [2.75, 3.05) is 0 Å². The number of carbonyl (C=O) groups excluding carboxylic acids is 3. The summed E-state index contributed by atoms with van der Waals surface area (Å²) in [6.45, 7) is 11.6. The Kier molecular flexibility index (Phi) is 11.0. The first-order chi connectivity index (χ1) is 13.7. The Morgan fingerprint density at radius 2 is 1.50 bits per heavy atom. The van der Waals surface area contributed by atoms with E-state index in [1.165, 1.54) is 0 Å². The topological polar surface area (TPSA) is 168 Å². The zero-order valence-corrected chi connectivity index (χ0v) is 19.1. The van der Waals surface area contributed by atoms with Crippen molar-refractivity contribution >= 4 is 23.3 Å². The summed E-state index contributed by atoms with van der Waals surface area (Å²) in [5.41, 5.74) is 6.32. The molecule has 0 amide bonds. The van der Waals surface area contributed by atoms with Crippen LogP contribution in [0.15, 0.2) is 11.3 Å². The van der Waals surface area contributed by atoms with Gasteiger partial charge in [-0.15, -0.1) is 0 Å². The fourth-order valence-corrected chi connectivity index (χ4v) is 3.36. The third kappa shape index (κ3) is 7.55. The van der Waals surface area contributed by atoms with Crippen molar-refractivity contribution in [3.8, 4) is 0 Å². The molecule has 1 rings (SSSR count). The lowest BCUT2D eigenvalue weighted by molar-refractivity contribution is -0.145. The van der Waals surface area contributed by atoms with Gasteiger partial charge in [0.15, 0.2) is 28.9 Å². The molecule has 0 aromatic heterocycles. The van der Waals surface area contributed by atoms with Crippen LogP contribution in [0.3, 0.4) is 0 Å². The Morgan fingerprint density at radius 3 is 1.90 bits per heavy atom. The van der Waals surface area contributed by atoms with E-state index < -0.39 is 34.6 Å². The van der Waals surface area contributed by atoms with E-state index in [0.717, 1.165) is 0 Å². The van der Waals surface area contributed by atoms with E-state index in [1.54, 1.807) is 0 Å². The molecule has 172 valence electrons. The maximum absolute atomic E-state index is 12.9. The molecule has 0 aromatic rings. The highest BCUT2D eigenvalue weighted by Crippen LogP contribution is 2.42. The van der Waals surface area contributed by atoms with Crippen molar-refractivity contribution in [1.82, 2.24) is 0 Å². The lowest BCUT2D eigenvalue weighted by Crippen LogP contribution is -2.47. The van der Waals surface area contributed by atoms with Crippen molar-refractivity contribution < 1.29 is 24.6 Å². The number of aliphatic hydroxyl groups is 2. The molecule has 0 unspecified atom stereocenters. The molecule has 0 aromatic carbocycles. The van der Waals surface area contributed by atoms with E-state index in [-0.39, 0.29) is 48.5 Å². The van der Waals surface area contributed by atoms with E-state index >= 15 is 0 Å². The van der Waals surface area contributed by atoms with Crippen LogP contribution in [0.4, 0.5) is 0 Å². The van der Waals surface area contributed by atoms with Gasteiger partial charge in [0.25, 0.3) is 0 Å². The second-order valence-corrected chi connectivity index (χ2v) is 9.21. The normalized spacial score (nSPS) is 21.3. The van der Waals surface area contributed by atoms with Gasteiger partial charge >= 0.3 is 0 Å². The average molecular weight is 426 g/mol. The summed E-state index contributed by atoms with van der Waals surface area (Å²) in [7, 11) is 0. The van der Waals surface area contributed by atoms with Gasteiger partial charge in [-0.1, -0.05) is 48.0 Å². The molecule has 0 radical (unpaired) electrons. The Labute approximate surface area is 179 Å². The summed E-state index contributed by atoms with van der Waals surface area (Å²) in [6.07, 6.45) is 1.60. The molecule has 0 aliphatic heterocycles. The summed E-state index contributed by atoms with van der Waals surface area (Å²) >= 11 is 0. The van der Waals surface area contributed by atoms with E-state index in [2.05, 4.69) is 11.5 Å². The predicted molar refractivity (Wildman–Crippen MR) is 117 cm³/mol. The SMILES string of the molecule is CC(C)CCC(=O)[C@@]1(O)C(O)=C(C(=O)CC(C)C)C(=O)[C@@H]1CCC(C)C.N=C(N)N. The molecular formula is C22H39N3O5. The molecule has 8 heteroatoms. The highest BCUT2D eigenvalue weighted by molar-refractivity contribution is 6.25. The first kappa shape index (κ1) is 27.8. The van der Waals surface area contributed by atoms with E-state index in [0.29, 0.717) is 12.8 Å². The van der Waals surface area contributed by atoms with Gasteiger partial charge in [-0.25, -0.2) is 0 Å². The molecule has 1 aliphatic carbocycles. The maximum Gasteiger partial charge on any atom is 0.190 e. The Morgan fingerprint density at radius 1 is 1.03 bits per heavy atom. The van der Waals surface area contributed by atoms with Gasteiger partial charge in [0.1, 0.15) is 11.3 Å².